The molecule has 2 rings (SSSR count). The van der Waals surface area contributed by atoms with E-state index in [0.717, 1.165) is 24.0 Å². The molecule has 5 nitrogen and oxygen atoms in total. The van der Waals surface area contributed by atoms with Crippen LogP contribution in [0, 0.1) is 6.92 Å². The molecule has 1 unspecified atom stereocenters. The number of ether oxygens (including phenoxy) is 2. The van der Waals surface area contributed by atoms with Crippen molar-refractivity contribution in [3.05, 3.63) is 34.9 Å². The fourth-order valence-corrected chi connectivity index (χ4v) is 2.97. The number of likely N-dealkylation sites (tertiary alicyclic amines) is 1. The first-order chi connectivity index (χ1) is 11.2. The lowest BCUT2D eigenvalue weighted by Gasteiger charge is -2.29. The number of aryl methyl sites for hydroxylation is 1. The third-order valence-corrected chi connectivity index (χ3v) is 4.03. The van der Waals surface area contributed by atoms with Crippen molar-refractivity contribution < 1.29 is 19.1 Å². The van der Waals surface area contributed by atoms with E-state index in [4.69, 9.17) is 9.47 Å². The summed E-state index contributed by atoms with van der Waals surface area (Å²) in [6, 6.07) is 5.46. The van der Waals surface area contributed by atoms with Crippen LogP contribution in [0.2, 0.25) is 0 Å². The van der Waals surface area contributed by atoms with Gasteiger partial charge in [0.2, 0.25) is 0 Å². The van der Waals surface area contributed by atoms with Crippen molar-refractivity contribution >= 4 is 12.1 Å². The molecule has 0 N–H and O–H groups in total. The number of amides is 1. The molecule has 0 bridgehead atoms. The maximum Gasteiger partial charge on any atom is 0.410 e. The second kappa shape index (κ2) is 7.24. The van der Waals surface area contributed by atoms with Crippen LogP contribution < -0.4 is 0 Å². The van der Waals surface area contributed by atoms with Crippen molar-refractivity contribution in [2.24, 2.45) is 0 Å². The molecule has 1 saturated heterocycles. The number of rotatable bonds is 3. The Balaban J connectivity index is 2.27. The first-order valence-corrected chi connectivity index (χ1v) is 8.50. The molecule has 1 fully saturated rings. The summed E-state index contributed by atoms with van der Waals surface area (Å²) in [6.45, 7) is 10.4. The van der Waals surface area contributed by atoms with Gasteiger partial charge in [-0.15, -0.1) is 0 Å². The average Bonchev–Trinajstić information content (AvgIpc) is 2.95. The van der Waals surface area contributed by atoms with E-state index in [9.17, 15) is 9.59 Å². The van der Waals surface area contributed by atoms with Crippen LogP contribution in [0.1, 0.15) is 68.1 Å². The van der Waals surface area contributed by atoms with Crippen LogP contribution in [0.3, 0.4) is 0 Å². The van der Waals surface area contributed by atoms with Crippen LogP contribution >= 0.6 is 0 Å². The van der Waals surface area contributed by atoms with Crippen molar-refractivity contribution in [2.75, 3.05) is 13.2 Å². The second-order valence-corrected chi connectivity index (χ2v) is 7.12. The number of carbonyl (C=O) groups is 2. The van der Waals surface area contributed by atoms with Crippen molar-refractivity contribution in [1.82, 2.24) is 4.90 Å². The molecule has 0 spiro atoms. The number of carbonyl (C=O) groups excluding carboxylic acids is 2. The van der Waals surface area contributed by atoms with Gasteiger partial charge in [0, 0.05) is 6.54 Å². The molecule has 0 saturated carbocycles. The molecule has 5 heteroatoms. The zero-order chi connectivity index (χ0) is 17.9. The molecule has 24 heavy (non-hydrogen) atoms. The van der Waals surface area contributed by atoms with E-state index in [0.29, 0.717) is 18.7 Å². The van der Waals surface area contributed by atoms with Gasteiger partial charge in [0.15, 0.2) is 0 Å². The monoisotopic (exact) mass is 333 g/mol. The van der Waals surface area contributed by atoms with Crippen LogP contribution in [0.4, 0.5) is 4.79 Å². The minimum absolute atomic E-state index is 0.0609. The molecule has 1 heterocycles. The van der Waals surface area contributed by atoms with Crippen molar-refractivity contribution in [1.29, 1.82) is 0 Å². The first-order valence-electron chi connectivity index (χ1n) is 8.50. The summed E-state index contributed by atoms with van der Waals surface area (Å²) >= 11 is 0. The Hall–Kier alpha value is -2.04. The van der Waals surface area contributed by atoms with Gasteiger partial charge in [-0.2, -0.15) is 0 Å². The van der Waals surface area contributed by atoms with Crippen LogP contribution in [0.5, 0.6) is 0 Å². The number of hydrogen-bond donors (Lipinski definition) is 0. The molecule has 1 aliphatic heterocycles. The van der Waals surface area contributed by atoms with Crippen LogP contribution in [0.15, 0.2) is 18.2 Å². The third kappa shape index (κ3) is 4.28. The SMILES string of the molecule is CCOC(=O)c1ccc(C)c(C2CCCN2C(=O)OC(C)(C)C)c1. The van der Waals surface area contributed by atoms with E-state index >= 15 is 0 Å². The van der Waals surface area contributed by atoms with Gasteiger partial charge in [-0.3, -0.25) is 0 Å². The fraction of sp³-hybridized carbons (Fsp3) is 0.579. The number of nitrogens with zero attached hydrogens (tertiary/aromatic N) is 1. The van der Waals surface area contributed by atoms with Crippen LogP contribution in [-0.2, 0) is 9.47 Å². The van der Waals surface area contributed by atoms with Gasteiger partial charge in [-0.25, -0.2) is 9.59 Å². The molecular weight excluding hydrogens is 306 g/mol. The summed E-state index contributed by atoms with van der Waals surface area (Å²) in [5.41, 5.74) is 2.05. The highest BCUT2D eigenvalue weighted by molar-refractivity contribution is 5.89. The Morgan fingerprint density at radius 2 is 2.00 bits per heavy atom. The van der Waals surface area contributed by atoms with Crippen molar-refractivity contribution in [3.63, 3.8) is 0 Å². The second-order valence-electron chi connectivity index (χ2n) is 7.12. The molecule has 1 aliphatic rings. The first kappa shape index (κ1) is 18.3. The lowest BCUT2D eigenvalue weighted by molar-refractivity contribution is 0.0224. The van der Waals surface area contributed by atoms with Gasteiger partial charge in [-0.05, 0) is 70.7 Å². The number of benzene rings is 1. The topological polar surface area (TPSA) is 55.8 Å². The third-order valence-electron chi connectivity index (χ3n) is 4.03. The summed E-state index contributed by atoms with van der Waals surface area (Å²) in [6.07, 6.45) is 1.49. The van der Waals surface area contributed by atoms with Crippen molar-refractivity contribution in [3.8, 4) is 0 Å². The van der Waals surface area contributed by atoms with Crippen LogP contribution in [0.25, 0.3) is 0 Å². The molecular formula is C19H27NO4. The van der Waals surface area contributed by atoms with E-state index in [1.807, 2.05) is 39.8 Å². The largest absolute Gasteiger partial charge is 0.462 e. The quantitative estimate of drug-likeness (QED) is 0.776. The standard InChI is InChI=1S/C19H27NO4/c1-6-23-17(21)14-10-9-13(2)15(12-14)16-8-7-11-20(16)18(22)24-19(3,4)5/h9-10,12,16H,6-8,11H2,1-5H3. The molecule has 132 valence electrons. The van der Waals surface area contributed by atoms with Gasteiger partial charge < -0.3 is 14.4 Å². The van der Waals surface area contributed by atoms with Gasteiger partial charge in [0.05, 0.1) is 18.2 Å². The smallest absolute Gasteiger partial charge is 0.410 e. The lowest BCUT2D eigenvalue weighted by atomic mass is 9.97. The predicted molar refractivity (Wildman–Crippen MR) is 92.1 cm³/mol. The van der Waals surface area contributed by atoms with E-state index in [2.05, 4.69) is 0 Å². The lowest BCUT2D eigenvalue weighted by Crippen LogP contribution is -2.36. The normalized spacial score (nSPS) is 17.7. The summed E-state index contributed by atoms with van der Waals surface area (Å²) in [4.78, 5) is 26.3. The average molecular weight is 333 g/mol. The number of hydrogen-bond acceptors (Lipinski definition) is 4. The summed E-state index contributed by atoms with van der Waals surface area (Å²) in [5.74, 6) is -0.333. The number of esters is 1. The van der Waals surface area contributed by atoms with Gasteiger partial charge in [-0.1, -0.05) is 6.07 Å². The zero-order valence-corrected chi connectivity index (χ0v) is 15.2. The minimum atomic E-state index is -0.522. The van der Waals surface area contributed by atoms with Crippen molar-refractivity contribution in [2.45, 2.75) is 59.1 Å². The van der Waals surface area contributed by atoms with E-state index in [1.54, 1.807) is 17.9 Å². The predicted octanol–water partition coefficient (Wildman–Crippen LogP) is 4.24. The molecule has 1 atom stereocenters. The molecule has 0 aromatic heterocycles. The summed E-state index contributed by atoms with van der Waals surface area (Å²) in [7, 11) is 0. The highest BCUT2D eigenvalue weighted by atomic mass is 16.6. The molecule has 0 aliphatic carbocycles. The van der Waals surface area contributed by atoms with E-state index in [-0.39, 0.29) is 18.1 Å². The Bertz CT molecular complexity index is 618. The Morgan fingerprint density at radius 3 is 2.62 bits per heavy atom. The van der Waals surface area contributed by atoms with Crippen LogP contribution in [-0.4, -0.2) is 35.7 Å². The van der Waals surface area contributed by atoms with Gasteiger partial charge >= 0.3 is 12.1 Å². The highest BCUT2D eigenvalue weighted by Gasteiger charge is 2.34. The maximum atomic E-state index is 12.5. The molecule has 1 aromatic carbocycles. The summed E-state index contributed by atoms with van der Waals surface area (Å²) < 4.78 is 10.6. The Kier molecular flexibility index (Phi) is 5.52. The molecule has 1 amide bonds. The van der Waals surface area contributed by atoms with E-state index in [1.165, 1.54) is 0 Å². The Morgan fingerprint density at radius 1 is 1.29 bits per heavy atom. The minimum Gasteiger partial charge on any atom is -0.462 e. The highest BCUT2D eigenvalue weighted by Crippen LogP contribution is 2.35. The van der Waals surface area contributed by atoms with Gasteiger partial charge in [0.1, 0.15) is 5.60 Å². The van der Waals surface area contributed by atoms with Gasteiger partial charge in [0.25, 0.3) is 0 Å². The maximum absolute atomic E-state index is 12.5. The zero-order valence-electron chi connectivity index (χ0n) is 15.2. The summed E-state index contributed by atoms with van der Waals surface area (Å²) in [5, 5.41) is 0. The molecule has 1 aromatic rings. The molecule has 0 radical (unpaired) electrons. The fourth-order valence-electron chi connectivity index (χ4n) is 2.97. The van der Waals surface area contributed by atoms with E-state index < -0.39 is 5.60 Å². The Labute approximate surface area is 143 Å².